The van der Waals surface area contributed by atoms with Crippen LogP contribution < -0.4 is 15.5 Å². The predicted octanol–water partition coefficient (Wildman–Crippen LogP) is 5.97. The van der Waals surface area contributed by atoms with Crippen molar-refractivity contribution in [2.45, 2.75) is 26.7 Å². The van der Waals surface area contributed by atoms with Crippen LogP contribution in [0.15, 0.2) is 71.1 Å². The molecule has 0 fully saturated rings. The number of hydrogen-bond acceptors (Lipinski definition) is 7. The lowest BCUT2D eigenvalue weighted by Crippen LogP contribution is -2.18. The molecule has 184 valence electrons. The first-order valence-electron chi connectivity index (χ1n) is 11.8. The number of aromatic nitrogens is 1. The molecule has 8 heteroatoms. The zero-order valence-corrected chi connectivity index (χ0v) is 21.2. The lowest BCUT2D eigenvalue weighted by atomic mass is 10.0. The molecule has 0 bridgehead atoms. The fourth-order valence-electron chi connectivity index (χ4n) is 3.95. The molecule has 0 radical (unpaired) electrons. The van der Waals surface area contributed by atoms with Gasteiger partial charge in [0.25, 0.3) is 0 Å². The molecule has 4 aromatic rings. The number of nitrogens with zero attached hydrogens (tertiary/aromatic N) is 1. The SMILES string of the molecule is CCOP(=O)(OCC)c1nc(Cc2cccc3ccccc23)oc1NCCc1ccc(OC)cc1. The summed E-state index contributed by atoms with van der Waals surface area (Å²) < 4.78 is 36.1. The third kappa shape index (κ3) is 5.93. The molecule has 1 aromatic heterocycles. The number of rotatable bonds is 12. The fourth-order valence-corrected chi connectivity index (χ4v) is 5.56. The van der Waals surface area contributed by atoms with E-state index in [0.717, 1.165) is 34.1 Å². The van der Waals surface area contributed by atoms with Gasteiger partial charge in [0.15, 0.2) is 0 Å². The van der Waals surface area contributed by atoms with Gasteiger partial charge >= 0.3 is 7.60 Å². The topological polar surface area (TPSA) is 82.8 Å². The molecule has 1 N–H and O–H groups in total. The van der Waals surface area contributed by atoms with E-state index in [0.29, 0.717) is 24.7 Å². The van der Waals surface area contributed by atoms with Crippen molar-refractivity contribution in [2.24, 2.45) is 0 Å². The molecule has 0 spiro atoms. The normalized spacial score (nSPS) is 11.6. The van der Waals surface area contributed by atoms with E-state index in [1.54, 1.807) is 21.0 Å². The first-order valence-corrected chi connectivity index (χ1v) is 13.3. The van der Waals surface area contributed by atoms with Gasteiger partial charge < -0.3 is 23.5 Å². The van der Waals surface area contributed by atoms with Crippen LogP contribution in [0.2, 0.25) is 0 Å². The maximum atomic E-state index is 13.6. The minimum Gasteiger partial charge on any atom is -0.497 e. The molecular formula is C27H31N2O5P. The molecule has 0 saturated carbocycles. The Morgan fingerprint density at radius 3 is 2.37 bits per heavy atom. The van der Waals surface area contributed by atoms with Crippen LogP contribution in [0.4, 0.5) is 5.88 Å². The zero-order chi connectivity index (χ0) is 24.7. The van der Waals surface area contributed by atoms with Gasteiger partial charge in [-0.3, -0.25) is 4.57 Å². The first kappa shape index (κ1) is 25.0. The Hall–Kier alpha value is -3.12. The summed E-state index contributed by atoms with van der Waals surface area (Å²) in [6.07, 6.45) is 1.18. The second kappa shape index (κ2) is 11.5. The molecule has 0 unspecified atom stereocenters. The van der Waals surface area contributed by atoms with Gasteiger partial charge in [-0.25, -0.2) is 4.98 Å². The third-order valence-corrected chi connectivity index (χ3v) is 7.61. The Morgan fingerprint density at radius 1 is 0.943 bits per heavy atom. The number of methoxy groups -OCH3 is 1. The van der Waals surface area contributed by atoms with E-state index in [4.69, 9.17) is 18.2 Å². The van der Waals surface area contributed by atoms with Gasteiger partial charge in [0.05, 0.1) is 26.7 Å². The molecule has 1 heterocycles. The maximum Gasteiger partial charge on any atom is 0.385 e. The molecule has 0 aliphatic carbocycles. The number of hydrogen-bond donors (Lipinski definition) is 1. The Morgan fingerprint density at radius 2 is 1.66 bits per heavy atom. The summed E-state index contributed by atoms with van der Waals surface area (Å²) in [6, 6.07) is 22.2. The van der Waals surface area contributed by atoms with E-state index in [2.05, 4.69) is 28.5 Å². The fraction of sp³-hybridized carbons (Fsp3) is 0.296. The standard InChI is InChI=1S/C27H31N2O5P/c1-4-32-35(30,33-5-2)27-26(28-18-17-20-13-15-23(31-3)16-14-20)34-25(29-27)19-22-11-8-10-21-9-6-7-12-24(21)22/h6-16,28H,4-5,17-19H2,1-3H3. The summed E-state index contributed by atoms with van der Waals surface area (Å²) in [7, 11) is -2.00. The van der Waals surface area contributed by atoms with Crippen LogP contribution in [0.5, 0.6) is 5.75 Å². The second-order valence-corrected chi connectivity index (χ2v) is 9.87. The molecule has 4 rings (SSSR count). The molecule has 3 aromatic carbocycles. The number of ether oxygens (including phenoxy) is 1. The molecule has 0 aliphatic heterocycles. The van der Waals surface area contributed by atoms with E-state index in [1.165, 1.54) is 0 Å². The molecule has 0 saturated heterocycles. The number of oxazole rings is 1. The number of fused-ring (bicyclic) bond motifs is 1. The number of nitrogens with one attached hydrogen (secondary N) is 1. The molecule has 0 atom stereocenters. The molecule has 35 heavy (non-hydrogen) atoms. The molecule has 0 aliphatic rings. The Kier molecular flexibility index (Phi) is 8.24. The van der Waals surface area contributed by atoms with Crippen molar-refractivity contribution in [3.05, 3.63) is 83.7 Å². The van der Waals surface area contributed by atoms with Gasteiger partial charge in [-0.15, -0.1) is 0 Å². The second-order valence-electron chi connectivity index (χ2n) is 7.93. The van der Waals surface area contributed by atoms with Crippen LogP contribution in [0.3, 0.4) is 0 Å². The molecule has 7 nitrogen and oxygen atoms in total. The third-order valence-electron chi connectivity index (χ3n) is 5.59. The maximum absolute atomic E-state index is 13.6. The molecular weight excluding hydrogens is 463 g/mol. The van der Waals surface area contributed by atoms with Crippen molar-refractivity contribution < 1.29 is 22.8 Å². The smallest absolute Gasteiger partial charge is 0.385 e. The largest absolute Gasteiger partial charge is 0.497 e. The Labute approximate surface area is 206 Å². The van der Waals surface area contributed by atoms with E-state index >= 15 is 0 Å². The monoisotopic (exact) mass is 494 g/mol. The average Bonchev–Trinajstić information content (AvgIpc) is 3.28. The summed E-state index contributed by atoms with van der Waals surface area (Å²) in [4.78, 5) is 4.61. The lowest BCUT2D eigenvalue weighted by molar-refractivity contribution is 0.229. The summed E-state index contributed by atoms with van der Waals surface area (Å²) in [5.41, 5.74) is 2.39. The minimum absolute atomic E-state index is 0.186. The zero-order valence-electron chi connectivity index (χ0n) is 20.3. The van der Waals surface area contributed by atoms with Gasteiger partial charge in [0.2, 0.25) is 17.2 Å². The Bertz CT molecular complexity index is 1290. The Balaban J connectivity index is 1.60. The van der Waals surface area contributed by atoms with Crippen molar-refractivity contribution in [3.63, 3.8) is 0 Å². The molecule has 0 amide bonds. The highest BCUT2D eigenvalue weighted by molar-refractivity contribution is 7.62. The summed E-state index contributed by atoms with van der Waals surface area (Å²) in [5.74, 6) is 1.58. The van der Waals surface area contributed by atoms with Crippen molar-refractivity contribution >= 4 is 29.7 Å². The highest BCUT2D eigenvalue weighted by Crippen LogP contribution is 2.48. The van der Waals surface area contributed by atoms with Gasteiger partial charge in [-0.05, 0) is 54.3 Å². The highest BCUT2D eigenvalue weighted by atomic mass is 31.2. The van der Waals surface area contributed by atoms with E-state index in [9.17, 15) is 4.57 Å². The van der Waals surface area contributed by atoms with E-state index < -0.39 is 7.60 Å². The van der Waals surface area contributed by atoms with Gasteiger partial charge in [0, 0.05) is 6.54 Å². The lowest BCUT2D eigenvalue weighted by Gasteiger charge is -2.15. The van der Waals surface area contributed by atoms with Crippen LogP contribution in [0.1, 0.15) is 30.9 Å². The van der Waals surface area contributed by atoms with Crippen LogP contribution in [-0.2, 0) is 26.5 Å². The minimum atomic E-state index is -3.65. The van der Waals surface area contributed by atoms with Gasteiger partial charge in [-0.2, -0.15) is 0 Å². The average molecular weight is 495 g/mol. The van der Waals surface area contributed by atoms with Crippen LogP contribution in [0, 0.1) is 0 Å². The predicted molar refractivity (Wildman–Crippen MR) is 139 cm³/mol. The van der Waals surface area contributed by atoms with Crippen LogP contribution in [-0.4, -0.2) is 31.9 Å². The first-order chi connectivity index (χ1) is 17.1. The van der Waals surface area contributed by atoms with Gasteiger partial charge in [0.1, 0.15) is 5.75 Å². The van der Waals surface area contributed by atoms with E-state index in [1.807, 2.05) is 48.5 Å². The van der Waals surface area contributed by atoms with Crippen molar-refractivity contribution in [3.8, 4) is 5.75 Å². The quantitative estimate of drug-likeness (QED) is 0.243. The van der Waals surface area contributed by atoms with Crippen molar-refractivity contribution in [1.82, 2.24) is 4.98 Å². The van der Waals surface area contributed by atoms with Crippen LogP contribution in [0.25, 0.3) is 10.8 Å². The number of benzene rings is 3. The van der Waals surface area contributed by atoms with E-state index in [-0.39, 0.29) is 18.6 Å². The number of anilines is 1. The van der Waals surface area contributed by atoms with Crippen molar-refractivity contribution in [2.75, 3.05) is 32.2 Å². The highest BCUT2D eigenvalue weighted by Gasteiger charge is 2.35. The van der Waals surface area contributed by atoms with Gasteiger partial charge in [-0.1, -0.05) is 54.6 Å². The van der Waals surface area contributed by atoms with Crippen molar-refractivity contribution in [1.29, 1.82) is 0 Å². The van der Waals surface area contributed by atoms with Crippen LogP contribution >= 0.6 is 7.60 Å². The summed E-state index contributed by atoms with van der Waals surface area (Å²) in [5, 5.41) is 5.53. The summed E-state index contributed by atoms with van der Waals surface area (Å²) in [6.45, 7) is 4.57. The summed E-state index contributed by atoms with van der Waals surface area (Å²) >= 11 is 0.